The SMILES string of the molecule is Clc1ccc2c(c1)c1nc3ccccc3nc1n2-c1ccccc1.c1ccc(-n2c3ccc(-n4c5cccc6c5c5c7c(cccc7ccc54)-c4ccccc4-6)cc3c3nc4ccccc4nc32)cc1.c1ccc2c(c1)-c1cccc3ccc4[nH]c5cccc-2c5c4c13. The molecule has 432 valence electrons. The second kappa shape index (κ2) is 19.9. The Morgan fingerprint density at radius 1 is 0.258 bits per heavy atom. The zero-order valence-electron chi connectivity index (χ0n) is 49.7. The van der Waals surface area contributed by atoms with Crippen LogP contribution < -0.4 is 0 Å². The van der Waals surface area contributed by atoms with Gasteiger partial charge in [-0.2, -0.15) is 0 Å². The fourth-order valence-electron chi connectivity index (χ4n) is 15.3. The lowest BCUT2D eigenvalue weighted by molar-refractivity contribution is 1.14. The Balaban J connectivity index is 0.000000107. The van der Waals surface area contributed by atoms with Gasteiger partial charge >= 0.3 is 0 Å². The average Bonchev–Trinajstić information content (AvgIpc) is 1.56. The smallest absolute Gasteiger partial charge is 0.165 e. The molecule has 0 aliphatic heterocycles. The molecule has 1 N–H and O–H groups in total. The third kappa shape index (κ3) is 7.61. The van der Waals surface area contributed by atoms with E-state index in [0.29, 0.717) is 5.02 Å². The largest absolute Gasteiger partial charge is 0.354 e. The number of halogens is 1. The Labute approximate surface area is 536 Å². The van der Waals surface area contributed by atoms with E-state index in [1.165, 1.54) is 110 Å². The summed E-state index contributed by atoms with van der Waals surface area (Å²) in [7, 11) is 0. The lowest BCUT2D eigenvalue weighted by Gasteiger charge is -2.14. The highest BCUT2D eigenvalue weighted by atomic mass is 35.5. The van der Waals surface area contributed by atoms with Crippen molar-refractivity contribution in [1.82, 2.24) is 38.6 Å². The van der Waals surface area contributed by atoms with Crippen LogP contribution in [0, 0.1) is 0 Å². The molecule has 0 amide bonds. The first-order valence-corrected chi connectivity index (χ1v) is 31.8. The molecular formula is C84H49ClN8. The molecule has 0 fully saturated rings. The summed E-state index contributed by atoms with van der Waals surface area (Å²) in [4.78, 5) is 23.7. The molecule has 0 saturated heterocycles. The van der Waals surface area contributed by atoms with Crippen LogP contribution in [0.3, 0.4) is 0 Å². The summed E-state index contributed by atoms with van der Waals surface area (Å²) in [6, 6.07) is 103. The normalized spacial score (nSPS) is 12.1. The van der Waals surface area contributed by atoms with E-state index in [4.69, 9.17) is 31.5 Å². The monoisotopic (exact) mass is 1200 g/mol. The number of H-pyrrole nitrogens is 1. The first-order chi connectivity index (χ1) is 46.1. The number of nitrogens with one attached hydrogen (secondary N) is 1. The van der Waals surface area contributed by atoms with Crippen LogP contribution in [0.5, 0.6) is 0 Å². The predicted molar refractivity (Wildman–Crippen MR) is 387 cm³/mol. The van der Waals surface area contributed by atoms with Gasteiger partial charge in [-0.1, -0.05) is 194 Å². The highest BCUT2D eigenvalue weighted by Gasteiger charge is 2.27. The van der Waals surface area contributed by atoms with Crippen LogP contribution >= 0.6 is 11.6 Å². The molecule has 22 rings (SSSR count). The average molecular weight is 1210 g/mol. The van der Waals surface area contributed by atoms with Crippen LogP contribution in [0.1, 0.15) is 0 Å². The maximum Gasteiger partial charge on any atom is 0.165 e. The molecule has 14 aromatic carbocycles. The van der Waals surface area contributed by atoms with E-state index < -0.39 is 0 Å². The molecule has 8 nitrogen and oxygen atoms in total. The number of hydrogen-bond acceptors (Lipinski definition) is 4. The van der Waals surface area contributed by atoms with E-state index in [1.54, 1.807) is 0 Å². The quantitative estimate of drug-likeness (QED) is 0.191. The minimum atomic E-state index is 0.699. The van der Waals surface area contributed by atoms with Crippen LogP contribution in [0.25, 0.3) is 193 Å². The molecule has 9 heteroatoms. The van der Waals surface area contributed by atoms with E-state index in [1.807, 2.05) is 84.9 Å². The summed E-state index contributed by atoms with van der Waals surface area (Å²) < 4.78 is 6.82. The molecule has 0 spiro atoms. The van der Waals surface area contributed by atoms with Crippen molar-refractivity contribution in [2.75, 3.05) is 0 Å². The van der Waals surface area contributed by atoms with Crippen molar-refractivity contribution in [3.8, 4) is 61.6 Å². The zero-order chi connectivity index (χ0) is 61.0. The van der Waals surface area contributed by atoms with Crippen LogP contribution in [0.4, 0.5) is 0 Å². The highest BCUT2D eigenvalue weighted by Crippen LogP contribution is 2.51. The molecule has 93 heavy (non-hydrogen) atoms. The number of para-hydroxylation sites is 6. The Morgan fingerprint density at radius 3 is 1.26 bits per heavy atom. The number of nitrogens with zero attached hydrogens (tertiary/aromatic N) is 7. The van der Waals surface area contributed by atoms with E-state index in [-0.39, 0.29) is 0 Å². The van der Waals surface area contributed by atoms with Gasteiger partial charge in [-0.05, 0) is 175 Å². The van der Waals surface area contributed by atoms with Gasteiger partial charge in [0.1, 0.15) is 11.0 Å². The highest BCUT2D eigenvalue weighted by molar-refractivity contribution is 6.33. The topological polar surface area (TPSA) is 82.1 Å². The van der Waals surface area contributed by atoms with Gasteiger partial charge in [-0.15, -0.1) is 0 Å². The van der Waals surface area contributed by atoms with Gasteiger partial charge in [-0.25, -0.2) is 19.9 Å². The third-order valence-electron chi connectivity index (χ3n) is 19.2. The van der Waals surface area contributed by atoms with Gasteiger partial charge in [-0.3, -0.25) is 9.13 Å². The molecule has 2 aliphatic carbocycles. The summed E-state index contributed by atoms with van der Waals surface area (Å²) in [5.41, 5.74) is 27.7. The molecule has 0 atom stereocenters. The molecule has 6 aromatic heterocycles. The van der Waals surface area contributed by atoms with E-state index in [9.17, 15) is 0 Å². The summed E-state index contributed by atoms with van der Waals surface area (Å²) in [6.07, 6.45) is 0. The maximum absolute atomic E-state index is 6.24. The fraction of sp³-hybridized carbons (Fsp3) is 0. The number of fused-ring (bicyclic) bond motifs is 14. The van der Waals surface area contributed by atoms with E-state index in [2.05, 4.69) is 225 Å². The lowest BCUT2D eigenvalue weighted by Crippen LogP contribution is -1.97. The van der Waals surface area contributed by atoms with Crippen molar-refractivity contribution >= 4 is 143 Å². The maximum atomic E-state index is 6.24. The van der Waals surface area contributed by atoms with Gasteiger partial charge in [0.05, 0.1) is 44.1 Å². The zero-order valence-corrected chi connectivity index (χ0v) is 50.5. The molecule has 0 radical (unpaired) electrons. The second-order valence-corrected chi connectivity index (χ2v) is 24.6. The molecular weight excluding hydrogens is 1160 g/mol. The van der Waals surface area contributed by atoms with Crippen molar-refractivity contribution in [1.29, 1.82) is 0 Å². The minimum Gasteiger partial charge on any atom is -0.354 e. The van der Waals surface area contributed by atoms with E-state index in [0.717, 1.165) is 83.3 Å². The van der Waals surface area contributed by atoms with Crippen molar-refractivity contribution in [2.24, 2.45) is 0 Å². The van der Waals surface area contributed by atoms with E-state index >= 15 is 0 Å². The van der Waals surface area contributed by atoms with Gasteiger partial charge < -0.3 is 9.55 Å². The summed E-state index contributed by atoms with van der Waals surface area (Å²) in [5.74, 6) is 0. The third-order valence-corrected chi connectivity index (χ3v) is 19.4. The standard InChI is InChI=1S/C42H24N4.C22H13N.C20H12ClN3/c1-2-11-26(12-3-1)46-35-23-21-27(24-32(35)41-42(46)44-34-18-7-6-17-33(34)43-41)45-36-19-9-16-31-29-14-5-4-13-28(29)30-15-8-10-25-20-22-37(45)40(38(25)30)39(31)36;1-2-7-15-14(6-1)16-8-3-5-13-11-12-19-22(20(13)16)21-17(15)9-4-10-18(21)23-19;21-13-10-11-18-15(12-13)19-20(24(18)14-6-2-1-3-7-14)23-17-9-5-4-8-16(17)22-19/h1-24H;1-12,23H;1-12H. The molecule has 6 heterocycles. The Kier molecular flexibility index (Phi) is 11.0. The van der Waals surface area contributed by atoms with Crippen molar-refractivity contribution in [3.05, 3.63) is 296 Å². The van der Waals surface area contributed by atoms with Crippen LogP contribution in [-0.4, -0.2) is 38.6 Å². The number of aromatic amines is 1. The Bertz CT molecular complexity index is 6550. The Hall–Kier alpha value is -12.2. The van der Waals surface area contributed by atoms with Gasteiger partial charge in [0, 0.05) is 65.4 Å². The molecule has 0 bridgehead atoms. The molecule has 0 saturated carbocycles. The molecule has 0 unspecified atom stereocenters. The van der Waals surface area contributed by atoms with Gasteiger partial charge in [0.2, 0.25) is 0 Å². The van der Waals surface area contributed by atoms with Crippen molar-refractivity contribution in [3.63, 3.8) is 0 Å². The second-order valence-electron chi connectivity index (χ2n) is 24.2. The van der Waals surface area contributed by atoms with Crippen LogP contribution in [0.15, 0.2) is 291 Å². The first kappa shape index (κ1) is 51.6. The summed E-state index contributed by atoms with van der Waals surface area (Å²) >= 11 is 6.24. The van der Waals surface area contributed by atoms with Crippen molar-refractivity contribution in [2.45, 2.75) is 0 Å². The predicted octanol–water partition coefficient (Wildman–Crippen LogP) is 22.1. The fourth-order valence-corrected chi connectivity index (χ4v) is 15.5. The first-order valence-electron chi connectivity index (χ1n) is 31.4. The lowest BCUT2D eigenvalue weighted by atomic mass is 9.93. The van der Waals surface area contributed by atoms with Crippen molar-refractivity contribution < 1.29 is 0 Å². The van der Waals surface area contributed by atoms with Crippen LogP contribution in [-0.2, 0) is 0 Å². The van der Waals surface area contributed by atoms with Crippen LogP contribution in [0.2, 0.25) is 5.02 Å². The summed E-state index contributed by atoms with van der Waals surface area (Å²) in [5, 5.41) is 13.4. The number of benzene rings is 14. The van der Waals surface area contributed by atoms with Gasteiger partial charge in [0.15, 0.2) is 11.3 Å². The number of rotatable bonds is 3. The molecule has 20 aromatic rings. The summed E-state index contributed by atoms with van der Waals surface area (Å²) in [6.45, 7) is 0. The van der Waals surface area contributed by atoms with Gasteiger partial charge in [0.25, 0.3) is 0 Å². The number of hydrogen-bond donors (Lipinski definition) is 1. The number of aromatic nitrogens is 8. The minimum absolute atomic E-state index is 0.699. The Morgan fingerprint density at radius 2 is 0.677 bits per heavy atom. The molecule has 2 aliphatic rings.